The van der Waals surface area contributed by atoms with Crippen LogP contribution in [0.1, 0.15) is 22.0 Å². The first kappa shape index (κ1) is 21.6. The molecule has 1 atom stereocenters. The maximum absolute atomic E-state index is 14.1. The van der Waals surface area contributed by atoms with Crippen LogP contribution in [0.25, 0.3) is 0 Å². The van der Waals surface area contributed by atoms with E-state index in [0.717, 1.165) is 6.07 Å². The second kappa shape index (κ2) is 9.61. The van der Waals surface area contributed by atoms with Gasteiger partial charge in [-0.1, -0.05) is 59.6 Å². The van der Waals surface area contributed by atoms with Crippen molar-refractivity contribution in [3.63, 3.8) is 0 Å². The minimum Gasteiger partial charge on any atom is -0.495 e. The van der Waals surface area contributed by atoms with E-state index in [-0.39, 0.29) is 5.02 Å². The third-order valence-electron chi connectivity index (χ3n) is 4.15. The summed E-state index contributed by atoms with van der Waals surface area (Å²) in [6.07, 6.45) is -1.35. The third-order valence-corrected chi connectivity index (χ3v) is 4.76. The van der Waals surface area contributed by atoms with E-state index in [0.29, 0.717) is 22.0 Å². The van der Waals surface area contributed by atoms with Crippen molar-refractivity contribution >= 4 is 40.8 Å². The molecule has 0 saturated carbocycles. The zero-order valence-corrected chi connectivity index (χ0v) is 17.2. The van der Waals surface area contributed by atoms with Crippen LogP contribution in [-0.4, -0.2) is 19.0 Å². The maximum atomic E-state index is 14.1. The standard InChI is InChI=1S/C22H16Cl2FNO4/c1-29-18-11-10-14(12-16(18)24)26-21(27)20(13-6-3-2-4-7-13)30-22(28)19-15(23)8-5-9-17(19)25/h2-12,20H,1H3,(H,26,27). The minimum atomic E-state index is -1.35. The molecule has 1 amide bonds. The zero-order valence-electron chi connectivity index (χ0n) is 15.7. The summed E-state index contributed by atoms with van der Waals surface area (Å²) in [6, 6.07) is 16.8. The molecule has 0 aliphatic heterocycles. The molecule has 0 spiro atoms. The first-order valence-corrected chi connectivity index (χ1v) is 9.50. The topological polar surface area (TPSA) is 64.6 Å². The Kier molecular flexibility index (Phi) is 6.92. The van der Waals surface area contributed by atoms with Gasteiger partial charge in [0.15, 0.2) is 0 Å². The number of carbonyl (C=O) groups is 2. The molecule has 0 fully saturated rings. The normalized spacial score (nSPS) is 11.5. The van der Waals surface area contributed by atoms with Gasteiger partial charge in [0.1, 0.15) is 17.1 Å². The Bertz CT molecular complexity index is 1060. The average Bonchev–Trinajstić information content (AvgIpc) is 2.72. The minimum absolute atomic E-state index is 0.117. The summed E-state index contributed by atoms with van der Waals surface area (Å²) in [6.45, 7) is 0. The van der Waals surface area contributed by atoms with Crippen LogP contribution >= 0.6 is 23.2 Å². The van der Waals surface area contributed by atoms with Crippen LogP contribution in [0.5, 0.6) is 5.75 Å². The largest absolute Gasteiger partial charge is 0.495 e. The summed E-state index contributed by atoms with van der Waals surface area (Å²) in [5.41, 5.74) is 0.322. The van der Waals surface area contributed by atoms with Crippen molar-refractivity contribution in [1.29, 1.82) is 0 Å². The van der Waals surface area contributed by atoms with Crippen molar-refractivity contribution in [3.05, 3.63) is 93.7 Å². The Labute approximate surface area is 182 Å². The Balaban J connectivity index is 1.88. The highest BCUT2D eigenvalue weighted by molar-refractivity contribution is 6.33. The number of halogens is 3. The molecule has 3 aromatic rings. The van der Waals surface area contributed by atoms with Gasteiger partial charge in [0.2, 0.25) is 6.10 Å². The first-order chi connectivity index (χ1) is 14.4. The summed E-state index contributed by atoms with van der Waals surface area (Å²) in [5, 5.41) is 2.81. The fourth-order valence-corrected chi connectivity index (χ4v) is 3.21. The molecule has 0 bridgehead atoms. The molecule has 0 aromatic heterocycles. The number of benzene rings is 3. The van der Waals surface area contributed by atoms with Gasteiger partial charge < -0.3 is 14.8 Å². The van der Waals surface area contributed by atoms with Gasteiger partial charge in [-0.2, -0.15) is 0 Å². The number of esters is 1. The van der Waals surface area contributed by atoms with Gasteiger partial charge in [-0.05, 0) is 30.3 Å². The number of methoxy groups -OCH3 is 1. The van der Waals surface area contributed by atoms with E-state index in [2.05, 4.69) is 5.32 Å². The third kappa shape index (κ3) is 4.90. The summed E-state index contributed by atoms with van der Waals surface area (Å²) in [7, 11) is 1.47. The molecule has 1 unspecified atom stereocenters. The van der Waals surface area contributed by atoms with Crippen molar-refractivity contribution in [2.45, 2.75) is 6.10 Å². The van der Waals surface area contributed by atoms with Crippen LogP contribution in [0.15, 0.2) is 66.7 Å². The van der Waals surface area contributed by atoms with E-state index in [4.69, 9.17) is 32.7 Å². The number of hydrogen-bond donors (Lipinski definition) is 1. The Morgan fingerprint density at radius 1 is 0.967 bits per heavy atom. The second-order valence-corrected chi connectivity index (χ2v) is 6.95. The highest BCUT2D eigenvalue weighted by Gasteiger charge is 2.28. The van der Waals surface area contributed by atoms with Gasteiger partial charge in [-0.25, -0.2) is 9.18 Å². The van der Waals surface area contributed by atoms with Gasteiger partial charge in [0.05, 0.1) is 17.2 Å². The molecule has 0 aliphatic rings. The zero-order chi connectivity index (χ0) is 21.7. The number of ether oxygens (including phenoxy) is 2. The molecule has 0 aliphatic carbocycles. The average molecular weight is 448 g/mol. The van der Waals surface area contributed by atoms with Gasteiger partial charge in [-0.15, -0.1) is 0 Å². The van der Waals surface area contributed by atoms with Gasteiger partial charge >= 0.3 is 5.97 Å². The lowest BCUT2D eigenvalue weighted by atomic mass is 10.1. The quantitative estimate of drug-likeness (QED) is 0.493. The van der Waals surface area contributed by atoms with Crippen molar-refractivity contribution in [3.8, 4) is 5.75 Å². The Hall–Kier alpha value is -3.09. The number of hydrogen-bond acceptors (Lipinski definition) is 4. The summed E-state index contributed by atoms with van der Waals surface area (Å²) in [5.74, 6) is -2.12. The highest BCUT2D eigenvalue weighted by atomic mass is 35.5. The lowest BCUT2D eigenvalue weighted by molar-refractivity contribution is -0.125. The SMILES string of the molecule is COc1ccc(NC(=O)C(OC(=O)c2c(F)cccc2Cl)c2ccccc2)cc1Cl. The van der Waals surface area contributed by atoms with E-state index in [1.54, 1.807) is 42.5 Å². The predicted octanol–water partition coefficient (Wildman–Crippen LogP) is 5.68. The second-order valence-electron chi connectivity index (χ2n) is 6.13. The van der Waals surface area contributed by atoms with Crippen molar-refractivity contribution in [1.82, 2.24) is 0 Å². The molecule has 5 nitrogen and oxygen atoms in total. The smallest absolute Gasteiger partial charge is 0.343 e. The van der Waals surface area contributed by atoms with E-state index in [1.807, 2.05) is 0 Å². The van der Waals surface area contributed by atoms with Crippen LogP contribution in [0.4, 0.5) is 10.1 Å². The van der Waals surface area contributed by atoms with E-state index < -0.39 is 29.4 Å². The molecule has 1 N–H and O–H groups in total. The van der Waals surface area contributed by atoms with E-state index in [9.17, 15) is 14.0 Å². The predicted molar refractivity (Wildman–Crippen MR) is 113 cm³/mol. The molecule has 3 rings (SSSR count). The van der Waals surface area contributed by atoms with E-state index >= 15 is 0 Å². The summed E-state index contributed by atoms with van der Waals surface area (Å²) >= 11 is 12.0. The molecule has 8 heteroatoms. The fourth-order valence-electron chi connectivity index (χ4n) is 2.71. The van der Waals surface area contributed by atoms with Crippen molar-refractivity contribution in [2.75, 3.05) is 12.4 Å². The number of nitrogens with one attached hydrogen (secondary N) is 1. The Morgan fingerprint density at radius 2 is 1.70 bits per heavy atom. The molecule has 0 saturated heterocycles. The number of amides is 1. The number of rotatable bonds is 6. The number of anilines is 1. The summed E-state index contributed by atoms with van der Waals surface area (Å²) in [4.78, 5) is 25.5. The highest BCUT2D eigenvalue weighted by Crippen LogP contribution is 2.29. The molecular weight excluding hydrogens is 432 g/mol. The van der Waals surface area contributed by atoms with Crippen LogP contribution in [0, 0.1) is 5.82 Å². The Morgan fingerprint density at radius 3 is 2.33 bits per heavy atom. The first-order valence-electron chi connectivity index (χ1n) is 8.75. The lowest BCUT2D eigenvalue weighted by Gasteiger charge is -2.19. The molecular formula is C22H16Cl2FNO4. The lowest BCUT2D eigenvalue weighted by Crippen LogP contribution is -2.26. The van der Waals surface area contributed by atoms with Gasteiger partial charge in [0.25, 0.3) is 5.91 Å². The van der Waals surface area contributed by atoms with Crippen molar-refractivity contribution in [2.24, 2.45) is 0 Å². The molecule has 0 heterocycles. The monoisotopic (exact) mass is 447 g/mol. The van der Waals surface area contributed by atoms with Crippen LogP contribution in [0.2, 0.25) is 10.0 Å². The van der Waals surface area contributed by atoms with Gasteiger partial charge in [0, 0.05) is 11.3 Å². The number of carbonyl (C=O) groups excluding carboxylic acids is 2. The van der Waals surface area contributed by atoms with Gasteiger partial charge in [-0.3, -0.25) is 4.79 Å². The molecule has 30 heavy (non-hydrogen) atoms. The van der Waals surface area contributed by atoms with Crippen molar-refractivity contribution < 1.29 is 23.5 Å². The summed E-state index contributed by atoms with van der Waals surface area (Å²) < 4.78 is 24.5. The molecule has 3 aromatic carbocycles. The fraction of sp³-hybridized carbons (Fsp3) is 0.0909. The van der Waals surface area contributed by atoms with Crippen LogP contribution in [-0.2, 0) is 9.53 Å². The maximum Gasteiger partial charge on any atom is 0.343 e. The molecule has 154 valence electrons. The van der Waals surface area contributed by atoms with Crippen LogP contribution in [0.3, 0.4) is 0 Å². The van der Waals surface area contributed by atoms with Crippen LogP contribution < -0.4 is 10.1 Å². The molecule has 0 radical (unpaired) electrons. The van der Waals surface area contributed by atoms with E-state index in [1.165, 1.54) is 25.3 Å².